The van der Waals surface area contributed by atoms with E-state index >= 15 is 0 Å². The second kappa shape index (κ2) is 5.12. The Bertz CT molecular complexity index is 256. The summed E-state index contributed by atoms with van der Waals surface area (Å²) in [6.45, 7) is 5.58. The summed E-state index contributed by atoms with van der Waals surface area (Å²) >= 11 is 0. The second-order valence-electron chi connectivity index (χ2n) is 4.37. The molecule has 2 unspecified atom stereocenters. The Kier molecular flexibility index (Phi) is 3.78. The van der Waals surface area contributed by atoms with Crippen LogP contribution in [0.25, 0.3) is 0 Å². The van der Waals surface area contributed by atoms with Gasteiger partial charge in [0, 0.05) is 39.9 Å². The first kappa shape index (κ1) is 11.8. The maximum absolute atomic E-state index is 12.0. The van der Waals surface area contributed by atoms with Crippen molar-refractivity contribution in [2.75, 3.05) is 39.9 Å². The number of hydrogen-bond donors (Lipinski definition) is 1. The van der Waals surface area contributed by atoms with Gasteiger partial charge >= 0.3 is 0 Å². The molecule has 1 amide bonds. The Hall–Kier alpha value is -0.650. The summed E-state index contributed by atoms with van der Waals surface area (Å²) in [7, 11) is 1.68. The van der Waals surface area contributed by atoms with Crippen LogP contribution in [-0.4, -0.2) is 62.9 Å². The highest BCUT2D eigenvalue weighted by Gasteiger charge is 2.39. The lowest BCUT2D eigenvalue weighted by Gasteiger charge is -2.30. The molecule has 5 heteroatoms. The molecular formula is C11H20N2O3. The quantitative estimate of drug-likeness (QED) is 0.702. The van der Waals surface area contributed by atoms with Crippen molar-refractivity contribution in [1.29, 1.82) is 0 Å². The topological polar surface area (TPSA) is 50.8 Å². The molecule has 2 fully saturated rings. The van der Waals surface area contributed by atoms with E-state index in [9.17, 15) is 4.79 Å². The fourth-order valence-electron chi connectivity index (χ4n) is 2.25. The van der Waals surface area contributed by atoms with Crippen molar-refractivity contribution >= 4 is 5.91 Å². The van der Waals surface area contributed by atoms with Crippen LogP contribution >= 0.6 is 0 Å². The van der Waals surface area contributed by atoms with Crippen LogP contribution in [0.5, 0.6) is 0 Å². The van der Waals surface area contributed by atoms with Crippen molar-refractivity contribution in [3.8, 4) is 0 Å². The second-order valence-corrected chi connectivity index (χ2v) is 4.37. The lowest BCUT2D eigenvalue weighted by molar-refractivity contribution is -0.136. The van der Waals surface area contributed by atoms with Crippen LogP contribution in [0, 0.1) is 5.92 Å². The summed E-state index contributed by atoms with van der Waals surface area (Å²) in [5.41, 5.74) is 0. The number of ether oxygens (including phenoxy) is 2. The number of rotatable bonds is 4. The number of methoxy groups -OCH3 is 1. The third-order valence-corrected chi connectivity index (χ3v) is 3.34. The first-order valence-electron chi connectivity index (χ1n) is 5.90. The van der Waals surface area contributed by atoms with Crippen molar-refractivity contribution in [2.45, 2.75) is 19.1 Å². The Morgan fingerprint density at radius 2 is 2.06 bits per heavy atom. The van der Waals surface area contributed by atoms with E-state index in [2.05, 4.69) is 5.32 Å². The number of nitrogens with zero attached hydrogens (tertiary/aromatic N) is 1. The molecule has 0 aromatic rings. The van der Waals surface area contributed by atoms with E-state index in [0.29, 0.717) is 19.7 Å². The van der Waals surface area contributed by atoms with E-state index in [-0.39, 0.29) is 24.0 Å². The molecule has 0 radical (unpaired) electrons. The van der Waals surface area contributed by atoms with Crippen molar-refractivity contribution in [1.82, 2.24) is 10.2 Å². The summed E-state index contributed by atoms with van der Waals surface area (Å²) < 4.78 is 10.9. The van der Waals surface area contributed by atoms with Gasteiger partial charge in [-0.1, -0.05) is 0 Å². The van der Waals surface area contributed by atoms with Crippen molar-refractivity contribution in [3.63, 3.8) is 0 Å². The molecule has 0 saturated carbocycles. The normalized spacial score (nSPS) is 30.5. The predicted octanol–water partition coefficient (Wildman–Crippen LogP) is -0.532. The molecule has 0 spiro atoms. The number of carbonyl (C=O) groups excluding carboxylic acids is 1. The van der Waals surface area contributed by atoms with Gasteiger partial charge in [0.25, 0.3) is 0 Å². The van der Waals surface area contributed by atoms with E-state index in [1.807, 2.05) is 11.8 Å². The van der Waals surface area contributed by atoms with Crippen LogP contribution in [0.4, 0.5) is 0 Å². The molecule has 2 saturated heterocycles. The molecule has 5 nitrogen and oxygen atoms in total. The molecule has 2 aliphatic heterocycles. The lowest BCUT2D eigenvalue weighted by Crippen LogP contribution is -2.51. The molecule has 92 valence electrons. The zero-order chi connectivity index (χ0) is 11.5. The molecule has 16 heavy (non-hydrogen) atoms. The fourth-order valence-corrected chi connectivity index (χ4v) is 2.25. The lowest BCUT2D eigenvalue weighted by atomic mass is 10.0. The SMILES string of the molecule is CCOC1CN(C(=O)C2CNC2)CC1OC. The van der Waals surface area contributed by atoms with Crippen LogP contribution in [0.3, 0.4) is 0 Å². The fraction of sp³-hybridized carbons (Fsp3) is 0.909. The zero-order valence-corrected chi connectivity index (χ0v) is 9.94. The largest absolute Gasteiger partial charge is 0.377 e. The van der Waals surface area contributed by atoms with Crippen LogP contribution in [-0.2, 0) is 14.3 Å². The monoisotopic (exact) mass is 228 g/mol. The van der Waals surface area contributed by atoms with E-state index in [4.69, 9.17) is 9.47 Å². The van der Waals surface area contributed by atoms with Gasteiger partial charge in [0.1, 0.15) is 12.2 Å². The van der Waals surface area contributed by atoms with Gasteiger partial charge in [-0.3, -0.25) is 4.79 Å². The summed E-state index contributed by atoms with van der Waals surface area (Å²) in [4.78, 5) is 13.9. The Labute approximate surface area is 96.1 Å². The number of likely N-dealkylation sites (tertiary alicyclic amines) is 1. The molecule has 0 aromatic heterocycles. The summed E-state index contributed by atoms with van der Waals surface area (Å²) in [6.07, 6.45) is 0.0592. The smallest absolute Gasteiger partial charge is 0.228 e. The highest BCUT2D eigenvalue weighted by Crippen LogP contribution is 2.19. The molecular weight excluding hydrogens is 208 g/mol. The van der Waals surface area contributed by atoms with Crippen LogP contribution < -0.4 is 5.32 Å². The molecule has 2 atom stereocenters. The molecule has 2 heterocycles. The van der Waals surface area contributed by atoms with E-state index < -0.39 is 0 Å². The van der Waals surface area contributed by atoms with Gasteiger partial charge in [-0.2, -0.15) is 0 Å². The number of nitrogens with one attached hydrogen (secondary N) is 1. The minimum atomic E-state index is 0.0249. The van der Waals surface area contributed by atoms with Crippen LogP contribution in [0.1, 0.15) is 6.92 Å². The van der Waals surface area contributed by atoms with Gasteiger partial charge in [0.05, 0.1) is 5.92 Å². The third kappa shape index (κ3) is 2.21. The highest BCUT2D eigenvalue weighted by molar-refractivity contribution is 5.80. The summed E-state index contributed by atoms with van der Waals surface area (Å²) in [5, 5.41) is 3.12. The van der Waals surface area contributed by atoms with Gasteiger partial charge < -0.3 is 19.7 Å². The molecule has 1 N–H and O–H groups in total. The Balaban J connectivity index is 1.90. The van der Waals surface area contributed by atoms with E-state index in [0.717, 1.165) is 13.1 Å². The first-order chi connectivity index (χ1) is 7.76. The maximum Gasteiger partial charge on any atom is 0.228 e. The minimum Gasteiger partial charge on any atom is -0.377 e. The Morgan fingerprint density at radius 1 is 1.38 bits per heavy atom. The minimum absolute atomic E-state index is 0.0249. The van der Waals surface area contributed by atoms with Gasteiger partial charge in [0.15, 0.2) is 0 Å². The van der Waals surface area contributed by atoms with Crippen molar-refractivity contribution in [3.05, 3.63) is 0 Å². The van der Waals surface area contributed by atoms with Gasteiger partial charge in [-0.05, 0) is 6.92 Å². The number of amides is 1. The molecule has 2 rings (SSSR count). The molecule has 0 bridgehead atoms. The first-order valence-corrected chi connectivity index (χ1v) is 5.90. The van der Waals surface area contributed by atoms with Crippen molar-refractivity contribution in [2.24, 2.45) is 5.92 Å². The average molecular weight is 228 g/mol. The van der Waals surface area contributed by atoms with Gasteiger partial charge in [-0.15, -0.1) is 0 Å². The van der Waals surface area contributed by atoms with E-state index in [1.165, 1.54) is 0 Å². The molecule has 0 aromatic carbocycles. The summed E-state index contributed by atoms with van der Waals surface area (Å²) in [6, 6.07) is 0. The van der Waals surface area contributed by atoms with Crippen molar-refractivity contribution < 1.29 is 14.3 Å². The summed E-state index contributed by atoms with van der Waals surface area (Å²) in [5.74, 6) is 0.404. The molecule has 2 aliphatic rings. The third-order valence-electron chi connectivity index (χ3n) is 3.34. The van der Waals surface area contributed by atoms with Crippen LogP contribution in [0.15, 0.2) is 0 Å². The van der Waals surface area contributed by atoms with E-state index in [1.54, 1.807) is 7.11 Å². The predicted molar refractivity (Wildman–Crippen MR) is 59.2 cm³/mol. The number of carbonyl (C=O) groups is 1. The number of hydrogen-bond acceptors (Lipinski definition) is 4. The zero-order valence-electron chi connectivity index (χ0n) is 9.94. The maximum atomic E-state index is 12.0. The highest BCUT2D eigenvalue weighted by atomic mass is 16.5. The van der Waals surface area contributed by atoms with Gasteiger partial charge in [-0.25, -0.2) is 0 Å². The average Bonchev–Trinajstić information content (AvgIpc) is 2.59. The standard InChI is InChI=1S/C11H20N2O3/c1-3-16-10-7-13(6-9(10)15-2)11(14)8-4-12-5-8/h8-10,12H,3-7H2,1-2H3. The van der Waals surface area contributed by atoms with Gasteiger partial charge in [0.2, 0.25) is 5.91 Å². The Morgan fingerprint density at radius 3 is 2.56 bits per heavy atom. The van der Waals surface area contributed by atoms with Crippen LogP contribution in [0.2, 0.25) is 0 Å². The molecule has 0 aliphatic carbocycles.